The lowest BCUT2D eigenvalue weighted by Crippen LogP contribution is -2.38. The summed E-state index contributed by atoms with van der Waals surface area (Å²) in [6.45, 7) is 5.47. The Labute approximate surface area is 159 Å². The van der Waals surface area contributed by atoms with E-state index in [0.717, 1.165) is 35.4 Å². The first-order chi connectivity index (χ1) is 13.0. The van der Waals surface area contributed by atoms with E-state index < -0.39 is 10.0 Å². The summed E-state index contributed by atoms with van der Waals surface area (Å²) in [6, 6.07) is 7.96. The number of rotatable bonds is 4. The molecule has 1 saturated heterocycles. The van der Waals surface area contributed by atoms with Crippen LogP contribution in [-0.2, 0) is 16.6 Å². The fourth-order valence-electron chi connectivity index (χ4n) is 3.64. The Morgan fingerprint density at radius 3 is 2.63 bits per heavy atom. The minimum atomic E-state index is -3.55. The minimum Gasteiger partial charge on any atom is -0.334 e. The van der Waals surface area contributed by atoms with Gasteiger partial charge in [-0.1, -0.05) is 0 Å². The van der Waals surface area contributed by atoms with E-state index in [-0.39, 0.29) is 10.9 Å². The molecule has 0 spiro atoms. The largest absolute Gasteiger partial charge is 0.334 e. The summed E-state index contributed by atoms with van der Waals surface area (Å²) < 4.78 is 29.2. The molecule has 0 aliphatic carbocycles. The Morgan fingerprint density at radius 1 is 1.15 bits per heavy atom. The number of hydrogen-bond acceptors (Lipinski definition) is 5. The summed E-state index contributed by atoms with van der Waals surface area (Å²) in [6.07, 6.45) is 4.87. The molecule has 4 heterocycles. The molecule has 4 rings (SSSR count). The Morgan fingerprint density at radius 2 is 1.93 bits per heavy atom. The highest BCUT2D eigenvalue weighted by Crippen LogP contribution is 2.30. The van der Waals surface area contributed by atoms with Gasteiger partial charge in [0.05, 0.1) is 0 Å². The van der Waals surface area contributed by atoms with Gasteiger partial charge in [-0.25, -0.2) is 23.4 Å². The SMILES string of the molecule is CCn1cc(S(=O)(=O)N2CCC(c3ccc4cccnc4n3)CC2)nc1C. The second kappa shape index (κ2) is 7.01. The lowest BCUT2D eigenvalue weighted by molar-refractivity contribution is 0.316. The van der Waals surface area contributed by atoms with Crippen LogP contribution in [-0.4, -0.2) is 45.3 Å². The molecular weight excluding hydrogens is 362 g/mol. The van der Waals surface area contributed by atoms with Crippen molar-refractivity contribution in [3.8, 4) is 0 Å². The van der Waals surface area contributed by atoms with Crippen LogP contribution in [0.15, 0.2) is 41.7 Å². The van der Waals surface area contributed by atoms with Crippen molar-refractivity contribution in [1.82, 2.24) is 23.8 Å². The van der Waals surface area contributed by atoms with E-state index in [9.17, 15) is 8.42 Å². The Bertz CT molecular complexity index is 1070. The molecule has 0 amide bonds. The van der Waals surface area contributed by atoms with Crippen molar-refractivity contribution in [2.45, 2.75) is 44.2 Å². The number of hydrogen-bond donors (Lipinski definition) is 0. The summed E-state index contributed by atoms with van der Waals surface area (Å²) in [7, 11) is -3.55. The summed E-state index contributed by atoms with van der Waals surface area (Å²) in [4.78, 5) is 13.2. The van der Waals surface area contributed by atoms with Crippen molar-refractivity contribution < 1.29 is 8.42 Å². The number of nitrogens with zero attached hydrogens (tertiary/aromatic N) is 5. The van der Waals surface area contributed by atoms with Gasteiger partial charge in [-0.2, -0.15) is 4.31 Å². The number of pyridine rings is 2. The number of imidazole rings is 1. The zero-order chi connectivity index (χ0) is 19.0. The molecule has 0 radical (unpaired) electrons. The molecule has 0 N–H and O–H groups in total. The van der Waals surface area contributed by atoms with Crippen LogP contribution in [0.4, 0.5) is 0 Å². The topological polar surface area (TPSA) is 81.0 Å². The molecular formula is C19H23N5O2S. The van der Waals surface area contributed by atoms with E-state index >= 15 is 0 Å². The molecule has 3 aromatic rings. The van der Waals surface area contributed by atoms with Crippen molar-refractivity contribution in [3.63, 3.8) is 0 Å². The second-order valence-corrected chi connectivity index (χ2v) is 8.76. The fourth-order valence-corrected chi connectivity index (χ4v) is 5.11. The third-order valence-corrected chi connectivity index (χ3v) is 7.03. The Balaban J connectivity index is 1.50. The van der Waals surface area contributed by atoms with Gasteiger partial charge >= 0.3 is 0 Å². The van der Waals surface area contributed by atoms with E-state index in [1.165, 1.54) is 0 Å². The van der Waals surface area contributed by atoms with E-state index in [1.54, 1.807) is 16.7 Å². The first-order valence-corrected chi connectivity index (χ1v) is 10.7. The van der Waals surface area contributed by atoms with Crippen LogP contribution in [0.1, 0.15) is 37.2 Å². The van der Waals surface area contributed by atoms with Gasteiger partial charge < -0.3 is 4.57 Å². The lowest BCUT2D eigenvalue weighted by atomic mass is 9.94. The van der Waals surface area contributed by atoms with Crippen molar-refractivity contribution in [2.24, 2.45) is 0 Å². The number of fused-ring (bicyclic) bond motifs is 1. The number of aryl methyl sites for hydroxylation is 2. The van der Waals surface area contributed by atoms with Crippen LogP contribution in [0.25, 0.3) is 11.0 Å². The van der Waals surface area contributed by atoms with Gasteiger partial charge in [-0.15, -0.1) is 0 Å². The number of piperidine rings is 1. The van der Waals surface area contributed by atoms with Gasteiger partial charge in [0.25, 0.3) is 10.0 Å². The van der Waals surface area contributed by atoms with E-state index in [1.807, 2.05) is 42.7 Å². The summed E-state index contributed by atoms with van der Waals surface area (Å²) in [5.74, 6) is 0.969. The Hall–Kier alpha value is -2.32. The number of aromatic nitrogens is 4. The molecule has 1 aliphatic rings. The average molecular weight is 385 g/mol. The second-order valence-electron chi connectivity index (χ2n) is 6.88. The quantitative estimate of drug-likeness (QED) is 0.690. The standard InChI is InChI=1S/C19H23N5O2S/c1-3-23-13-18(21-14(23)2)27(25,26)24-11-8-15(9-12-24)17-7-6-16-5-4-10-20-19(16)22-17/h4-7,10,13,15H,3,8-9,11-12H2,1-2H3. The average Bonchev–Trinajstić information content (AvgIpc) is 3.09. The summed E-state index contributed by atoms with van der Waals surface area (Å²) in [5, 5.41) is 1.16. The number of sulfonamides is 1. The van der Waals surface area contributed by atoms with Crippen LogP contribution in [0.2, 0.25) is 0 Å². The predicted octanol–water partition coefficient (Wildman–Crippen LogP) is 2.72. The molecule has 142 valence electrons. The van der Waals surface area contributed by atoms with E-state index in [2.05, 4.69) is 15.0 Å². The van der Waals surface area contributed by atoms with Crippen molar-refractivity contribution in [3.05, 3.63) is 48.2 Å². The van der Waals surface area contributed by atoms with Crippen LogP contribution in [0.5, 0.6) is 0 Å². The van der Waals surface area contributed by atoms with Crippen molar-refractivity contribution in [1.29, 1.82) is 0 Å². The molecule has 3 aromatic heterocycles. The van der Waals surface area contributed by atoms with Gasteiger partial charge in [0.15, 0.2) is 10.7 Å². The molecule has 0 bridgehead atoms. The van der Waals surface area contributed by atoms with Crippen molar-refractivity contribution >= 4 is 21.1 Å². The van der Waals surface area contributed by atoms with Crippen LogP contribution in [0.3, 0.4) is 0 Å². The maximum Gasteiger partial charge on any atom is 0.262 e. The maximum atomic E-state index is 12.9. The lowest BCUT2D eigenvalue weighted by Gasteiger charge is -2.30. The van der Waals surface area contributed by atoms with Crippen LogP contribution >= 0.6 is 0 Å². The summed E-state index contributed by atoms with van der Waals surface area (Å²) in [5.41, 5.74) is 1.73. The smallest absolute Gasteiger partial charge is 0.262 e. The first-order valence-electron chi connectivity index (χ1n) is 9.24. The molecule has 0 aromatic carbocycles. The minimum absolute atomic E-state index is 0.147. The maximum absolute atomic E-state index is 12.9. The van der Waals surface area contributed by atoms with Crippen LogP contribution in [0, 0.1) is 6.92 Å². The van der Waals surface area contributed by atoms with Crippen LogP contribution < -0.4 is 0 Å². The molecule has 8 heteroatoms. The zero-order valence-electron chi connectivity index (χ0n) is 15.5. The predicted molar refractivity (Wildman–Crippen MR) is 103 cm³/mol. The molecule has 27 heavy (non-hydrogen) atoms. The molecule has 1 aliphatic heterocycles. The third-order valence-electron chi connectivity index (χ3n) is 5.26. The van der Waals surface area contributed by atoms with Gasteiger partial charge in [-0.05, 0) is 51.0 Å². The van der Waals surface area contributed by atoms with Gasteiger partial charge in [0, 0.05) is 49.0 Å². The molecule has 0 atom stereocenters. The van der Waals surface area contributed by atoms with Gasteiger partial charge in [0.2, 0.25) is 0 Å². The third kappa shape index (κ3) is 3.35. The highest BCUT2D eigenvalue weighted by atomic mass is 32.2. The molecule has 1 fully saturated rings. The van der Waals surface area contributed by atoms with E-state index in [4.69, 9.17) is 0 Å². The van der Waals surface area contributed by atoms with Gasteiger partial charge in [0.1, 0.15) is 5.82 Å². The van der Waals surface area contributed by atoms with E-state index in [0.29, 0.717) is 19.6 Å². The highest BCUT2D eigenvalue weighted by molar-refractivity contribution is 7.89. The molecule has 0 saturated carbocycles. The summed E-state index contributed by atoms with van der Waals surface area (Å²) >= 11 is 0. The monoisotopic (exact) mass is 385 g/mol. The molecule has 0 unspecified atom stereocenters. The first kappa shape index (κ1) is 18.1. The van der Waals surface area contributed by atoms with Gasteiger partial charge in [-0.3, -0.25) is 0 Å². The Kier molecular flexibility index (Phi) is 4.69. The fraction of sp³-hybridized carbons (Fsp3) is 0.421. The molecule has 7 nitrogen and oxygen atoms in total. The zero-order valence-corrected chi connectivity index (χ0v) is 16.4. The normalized spacial score (nSPS) is 16.8. The van der Waals surface area contributed by atoms with Crippen molar-refractivity contribution in [2.75, 3.05) is 13.1 Å². The highest BCUT2D eigenvalue weighted by Gasteiger charge is 2.32.